The van der Waals surface area contributed by atoms with Crippen LogP contribution in [0.4, 0.5) is 0 Å². The zero-order valence-electron chi connectivity index (χ0n) is 62.6. The van der Waals surface area contributed by atoms with E-state index in [4.69, 9.17) is 5.11 Å². The standard InChI is InChI=1S/C25H21N2.C24H17N2.C18H14N.C15H10N.C13H10.C5H8O2.2Ir/c1-15-10-11-21-20(12-15)19-9-5-8-18-13-26-14-22(27(21)25(26)24(18)19)23-16(2)6-4-7-17(23)3;1-3-11-19-17(8-1)10-7-15-21(19)26-23-14-6-5-13-22(23)25-16-18-9-2-4-12-20(18)24(25)26;1-18(2)14-8-4-3-7-13(14)17-16-12(10-11-19-17)6-5-9-15(16)18;1-2-7-13(8-3-1)15-14-9-5-4-6-12(14)10-11-16-15;1-11-7-9-13(10-8-11)12-5-3-2-4-6-12;1-4(6)3-5(2)7;;/h4-12,14H,13H2,1-3H3;1-15H,16H2;3-6,8-11H,1-2H3;1-7,9-11H;2-5,7-9H,1H3;3,6H,1-2H3;;/q2*+1;2*-1;-2;;;+3. The molecule has 21 rings (SSSR count). The molecule has 7 heterocycles. The first kappa shape index (κ1) is 75.0. The summed E-state index contributed by atoms with van der Waals surface area (Å²) in [5.41, 5.74) is 27.5. The average molecular weight is 1780 g/mol. The van der Waals surface area contributed by atoms with E-state index in [1.165, 1.54) is 163 Å². The Morgan fingerprint density at radius 2 is 1.11 bits per heavy atom. The number of ketones is 1. The molecule has 2 aliphatic heterocycles. The number of fused-ring (bicyclic) bond motifs is 12. The van der Waals surface area contributed by atoms with Crippen molar-refractivity contribution in [3.63, 3.8) is 0 Å². The van der Waals surface area contributed by atoms with Crippen LogP contribution in [-0.2, 0) is 63.5 Å². The predicted octanol–water partition coefficient (Wildman–Crippen LogP) is 22.9. The molecule has 3 aliphatic rings. The Bertz CT molecular complexity index is 6480. The first-order valence-electron chi connectivity index (χ1n) is 36.8. The fourth-order valence-electron chi connectivity index (χ4n) is 16.0. The van der Waals surface area contributed by atoms with Crippen molar-refractivity contribution >= 4 is 76.5 Å². The molecule has 539 valence electrons. The van der Waals surface area contributed by atoms with Crippen LogP contribution >= 0.6 is 0 Å². The van der Waals surface area contributed by atoms with E-state index in [-0.39, 0.29) is 57.2 Å². The maximum Gasteiger partial charge on any atom is 3.00 e. The van der Waals surface area contributed by atoms with Crippen molar-refractivity contribution in [2.45, 2.75) is 73.9 Å². The molecule has 0 fully saturated rings. The number of aliphatic hydroxyl groups is 1. The van der Waals surface area contributed by atoms with E-state index in [0.29, 0.717) is 0 Å². The van der Waals surface area contributed by atoms with Crippen LogP contribution in [0, 0.1) is 52.0 Å². The molecular formula is C100H80Ir2N6O2+. The van der Waals surface area contributed by atoms with Crippen LogP contribution in [-0.4, -0.2) is 29.8 Å². The van der Waals surface area contributed by atoms with Crippen molar-refractivity contribution in [1.82, 2.24) is 18.9 Å². The fraction of sp³-hybridized carbons (Fsp3) is 0.110. The number of aliphatic hydroxyl groups excluding tert-OH is 1. The number of allylic oxidation sites excluding steroid dienone is 2. The van der Waals surface area contributed by atoms with Crippen molar-refractivity contribution in [1.29, 1.82) is 0 Å². The number of para-hydroxylation sites is 2. The summed E-state index contributed by atoms with van der Waals surface area (Å²) in [7, 11) is 0. The van der Waals surface area contributed by atoms with Gasteiger partial charge in [0, 0.05) is 71.4 Å². The molecule has 1 radical (unpaired) electrons. The monoisotopic (exact) mass is 1780 g/mol. The summed E-state index contributed by atoms with van der Waals surface area (Å²) in [6.07, 6.45) is 7.26. The van der Waals surface area contributed by atoms with Gasteiger partial charge in [0.05, 0.1) is 16.7 Å². The second-order valence-electron chi connectivity index (χ2n) is 28.6. The van der Waals surface area contributed by atoms with Crippen LogP contribution in [0.1, 0.15) is 72.2 Å². The van der Waals surface area contributed by atoms with Gasteiger partial charge in [-0.3, -0.25) is 4.79 Å². The van der Waals surface area contributed by atoms with Gasteiger partial charge in [0.25, 0.3) is 11.5 Å². The number of nitrogens with zero attached hydrogens (tertiary/aromatic N) is 6. The number of carbonyl (C=O) groups excluding carboxylic acids is 1. The third kappa shape index (κ3) is 14.4. The van der Waals surface area contributed by atoms with Crippen molar-refractivity contribution in [3.05, 3.63) is 384 Å². The Morgan fingerprint density at radius 3 is 1.85 bits per heavy atom. The van der Waals surface area contributed by atoms with Gasteiger partial charge in [0.15, 0.2) is 22.5 Å². The minimum Gasteiger partial charge on any atom is -0.512 e. The van der Waals surface area contributed by atoms with Gasteiger partial charge in [-0.2, -0.15) is 57.5 Å². The largest absolute Gasteiger partial charge is 3.00 e. The van der Waals surface area contributed by atoms with Crippen LogP contribution in [0.15, 0.2) is 316 Å². The molecule has 0 atom stereocenters. The molecule has 0 bridgehead atoms. The summed E-state index contributed by atoms with van der Waals surface area (Å²) in [6.45, 7) is 18.0. The molecule has 18 aromatic rings. The van der Waals surface area contributed by atoms with Gasteiger partial charge >= 0.3 is 20.1 Å². The van der Waals surface area contributed by atoms with Crippen molar-refractivity contribution in [2.75, 3.05) is 0 Å². The van der Waals surface area contributed by atoms with Gasteiger partial charge < -0.3 is 15.1 Å². The molecule has 5 aromatic heterocycles. The maximum atomic E-state index is 10.0. The number of pyridine rings is 3. The van der Waals surface area contributed by atoms with Crippen molar-refractivity contribution < 1.29 is 59.2 Å². The van der Waals surface area contributed by atoms with Crippen LogP contribution < -0.4 is 9.13 Å². The van der Waals surface area contributed by atoms with Crippen molar-refractivity contribution in [3.8, 4) is 62.0 Å². The quantitative estimate of drug-likeness (QED) is 0.0612. The van der Waals surface area contributed by atoms with Crippen LogP contribution in [0.5, 0.6) is 0 Å². The number of rotatable bonds is 5. The molecule has 1 aliphatic carbocycles. The van der Waals surface area contributed by atoms with Crippen LogP contribution in [0.3, 0.4) is 0 Å². The number of imidazole rings is 2. The minimum atomic E-state index is -0.125. The Hall–Kier alpha value is -11.9. The molecule has 13 aromatic carbocycles. The number of hydrogen-bond acceptors (Lipinski definition) is 4. The van der Waals surface area contributed by atoms with E-state index in [1.54, 1.807) is 0 Å². The first-order chi connectivity index (χ1) is 52.7. The maximum absolute atomic E-state index is 10.0. The van der Waals surface area contributed by atoms with Gasteiger partial charge in [-0.05, 0) is 144 Å². The molecule has 1 N–H and O–H groups in total. The van der Waals surface area contributed by atoms with Crippen molar-refractivity contribution in [2.24, 2.45) is 0 Å². The first-order valence-corrected chi connectivity index (χ1v) is 36.8. The number of hydrogen-bond donors (Lipinski definition) is 1. The molecule has 0 saturated heterocycles. The van der Waals surface area contributed by atoms with Gasteiger partial charge in [-0.15, -0.1) is 82.9 Å². The van der Waals surface area contributed by atoms with E-state index in [1.807, 2.05) is 91.3 Å². The van der Waals surface area contributed by atoms with Crippen LogP contribution in [0.25, 0.3) is 133 Å². The topological polar surface area (TPSA) is 80.2 Å². The van der Waals surface area contributed by atoms with Gasteiger partial charge in [0.1, 0.15) is 30.5 Å². The second-order valence-corrected chi connectivity index (χ2v) is 28.6. The molecule has 110 heavy (non-hydrogen) atoms. The fourth-order valence-corrected chi connectivity index (χ4v) is 16.0. The van der Waals surface area contributed by atoms with Crippen LogP contribution in [0.2, 0.25) is 0 Å². The summed E-state index contributed by atoms with van der Waals surface area (Å²) in [6, 6.07) is 113. The molecule has 0 spiro atoms. The summed E-state index contributed by atoms with van der Waals surface area (Å²) in [5.74, 6) is 1.21. The van der Waals surface area contributed by atoms with Gasteiger partial charge in [0.2, 0.25) is 0 Å². The molecular weight excluding hydrogens is 1700 g/mol. The number of aromatic nitrogens is 6. The molecule has 0 unspecified atom stereocenters. The summed E-state index contributed by atoms with van der Waals surface area (Å²) < 4.78 is 9.80. The molecule has 10 heteroatoms. The van der Waals surface area contributed by atoms with E-state index >= 15 is 0 Å². The zero-order chi connectivity index (χ0) is 74.2. The minimum absolute atomic E-state index is 0. The molecule has 0 saturated carbocycles. The summed E-state index contributed by atoms with van der Waals surface area (Å²) >= 11 is 0. The van der Waals surface area contributed by atoms with Gasteiger partial charge in [-0.1, -0.05) is 178 Å². The number of benzene rings is 13. The number of aryl methyl sites for hydroxylation is 4. The second kappa shape index (κ2) is 32.1. The van der Waals surface area contributed by atoms with E-state index in [2.05, 4.69) is 306 Å². The van der Waals surface area contributed by atoms with E-state index in [9.17, 15) is 4.79 Å². The van der Waals surface area contributed by atoms with E-state index in [0.717, 1.165) is 46.7 Å². The average Bonchev–Trinajstić information content (AvgIpc) is 1.50. The van der Waals surface area contributed by atoms with E-state index < -0.39 is 0 Å². The SMILES string of the molecule is CC(=O)C=C(C)O.CC1(C)c2ccc[c-]c2-c2nccc3cccc1c23.Cc1c[c-]c(-c2[c-]cccc2)cc1.Cc1ccc2c(c1)c1cccc3c1c1n2c(-c2c(C)cccc2C)c[n+]1C3.[Ir+3].[Ir].[c-]1ccccc1-c1nccc2ccccc12.c1ccc2c(c1)C[n+]1c-2n(-c2cccc3ccccc23)c2ccccc21. The summed E-state index contributed by atoms with van der Waals surface area (Å²) in [5, 5.41) is 20.0. The Kier molecular flexibility index (Phi) is 21.9. The third-order valence-corrected chi connectivity index (χ3v) is 20.9. The molecule has 0 amide bonds. The predicted molar refractivity (Wildman–Crippen MR) is 442 cm³/mol. The normalized spacial score (nSPS) is 12.2. The number of carbonyl (C=O) groups is 1. The summed E-state index contributed by atoms with van der Waals surface area (Å²) in [4.78, 5) is 19.1. The Balaban J connectivity index is 0.000000114. The molecule has 8 nitrogen and oxygen atoms in total. The third-order valence-electron chi connectivity index (χ3n) is 20.9. The zero-order valence-corrected chi connectivity index (χ0v) is 67.4. The Labute approximate surface area is 669 Å². The smallest absolute Gasteiger partial charge is 0.512 e. The Morgan fingerprint density at radius 1 is 0.509 bits per heavy atom. The van der Waals surface area contributed by atoms with Gasteiger partial charge in [-0.25, -0.2) is 20.3 Å².